The molecular weight excluding hydrogens is 817 g/mol. The van der Waals surface area contributed by atoms with Crippen molar-refractivity contribution >= 4 is 5.97 Å². The second-order valence-electron chi connectivity index (χ2n) is 17.9. The minimum atomic E-state index is -1.55. The van der Waals surface area contributed by atoms with E-state index in [-0.39, 0.29) is 19.2 Å². The van der Waals surface area contributed by atoms with Crippen LogP contribution in [0.5, 0.6) is 0 Å². The van der Waals surface area contributed by atoms with E-state index >= 15 is 0 Å². The van der Waals surface area contributed by atoms with Crippen LogP contribution in [0.25, 0.3) is 0 Å². The summed E-state index contributed by atoms with van der Waals surface area (Å²) in [6.45, 7) is 4.32. The molecule has 1 saturated heterocycles. The predicted molar refractivity (Wildman–Crippen MR) is 270 cm³/mol. The number of rotatable bonds is 45. The lowest BCUT2D eigenvalue weighted by Crippen LogP contribution is -2.59. The Bertz CT molecular complexity index is 1220. The highest BCUT2D eigenvalue weighted by molar-refractivity contribution is 5.69. The number of esters is 1. The summed E-state index contributed by atoms with van der Waals surface area (Å²) in [6, 6.07) is 0. The first kappa shape index (κ1) is 60.6. The Morgan fingerprint density at radius 1 is 0.508 bits per heavy atom. The van der Waals surface area contributed by atoms with Gasteiger partial charge in [-0.2, -0.15) is 0 Å². The number of hydrogen-bond donors (Lipinski definition) is 4. The second kappa shape index (κ2) is 46.7. The molecule has 0 aromatic rings. The molecular formula is C56H98O9. The van der Waals surface area contributed by atoms with Gasteiger partial charge in [0.15, 0.2) is 6.29 Å². The standard InChI is InChI=1S/C56H98O9/c1-3-5-7-9-11-13-15-17-19-21-23-25-26-27-29-31-33-35-37-39-41-43-45-52(58)64-50(49-63-56-55(61)54(60)53(59)51(47-57)65-56)48-62-46-44-42-40-38-36-34-32-30-28-24-22-20-18-16-14-12-10-8-6-4-2/h6,8,12,14,18,20,24,28,32,34,38,40,50-51,53-57,59-61H,3-5,7,9-11,13,15-17,19,21-23,25-27,29-31,33,35-37,39,41-49H2,1-2H3/b8-6-,14-12-,20-18-,28-24-,34-32-,40-38-. The molecule has 4 N–H and O–H groups in total. The van der Waals surface area contributed by atoms with Crippen molar-refractivity contribution in [3.8, 4) is 0 Å². The van der Waals surface area contributed by atoms with E-state index in [4.69, 9.17) is 18.9 Å². The third kappa shape index (κ3) is 37.3. The second-order valence-corrected chi connectivity index (χ2v) is 17.9. The van der Waals surface area contributed by atoms with Crippen LogP contribution in [0.3, 0.4) is 0 Å². The van der Waals surface area contributed by atoms with Gasteiger partial charge >= 0.3 is 5.97 Å². The molecule has 0 aromatic heterocycles. The zero-order chi connectivity index (χ0) is 47.1. The highest BCUT2D eigenvalue weighted by Gasteiger charge is 2.44. The molecule has 1 aliphatic rings. The topological polar surface area (TPSA) is 135 Å². The molecule has 6 unspecified atom stereocenters. The number of unbranched alkanes of at least 4 members (excludes halogenated alkanes) is 22. The molecule has 0 spiro atoms. The molecule has 6 atom stereocenters. The molecule has 0 amide bonds. The van der Waals surface area contributed by atoms with Gasteiger partial charge in [-0.1, -0.05) is 222 Å². The quantitative estimate of drug-likeness (QED) is 0.0267. The Balaban J connectivity index is 2.23. The molecule has 65 heavy (non-hydrogen) atoms. The maximum Gasteiger partial charge on any atom is 0.306 e. The lowest BCUT2D eigenvalue weighted by atomic mass is 9.99. The summed E-state index contributed by atoms with van der Waals surface area (Å²) in [6.07, 6.45) is 55.2. The minimum Gasteiger partial charge on any atom is -0.457 e. The Hall–Kier alpha value is -2.37. The summed E-state index contributed by atoms with van der Waals surface area (Å²) in [5.74, 6) is -0.331. The third-order valence-electron chi connectivity index (χ3n) is 11.9. The van der Waals surface area contributed by atoms with E-state index in [1.54, 1.807) is 0 Å². The summed E-state index contributed by atoms with van der Waals surface area (Å²) >= 11 is 0. The average molecular weight is 915 g/mol. The summed E-state index contributed by atoms with van der Waals surface area (Å²) in [7, 11) is 0. The normalized spacial score (nSPS) is 20.0. The maximum atomic E-state index is 12.9. The first-order chi connectivity index (χ1) is 31.9. The van der Waals surface area contributed by atoms with Gasteiger partial charge in [-0.25, -0.2) is 0 Å². The summed E-state index contributed by atoms with van der Waals surface area (Å²) in [5, 5.41) is 40.3. The number of carbonyl (C=O) groups excluding carboxylic acids is 1. The Labute approximate surface area is 397 Å². The van der Waals surface area contributed by atoms with Crippen LogP contribution in [0, 0.1) is 0 Å². The molecule has 0 aliphatic carbocycles. The van der Waals surface area contributed by atoms with Gasteiger partial charge in [0.05, 0.1) is 19.8 Å². The van der Waals surface area contributed by atoms with Crippen LogP contribution in [0.2, 0.25) is 0 Å². The number of carbonyl (C=O) groups is 1. The van der Waals surface area contributed by atoms with E-state index in [9.17, 15) is 25.2 Å². The van der Waals surface area contributed by atoms with E-state index in [1.165, 1.54) is 122 Å². The SMILES string of the molecule is CC/C=C\C/C=C\C/C=C\C/C=C\C/C=C\C/C=C\CCCOCC(COC1OC(CO)C(O)C(O)C1O)OC(=O)CCCCCCCCCCCCCCCCCCCCCCCC. The highest BCUT2D eigenvalue weighted by atomic mass is 16.7. The van der Waals surface area contributed by atoms with Crippen molar-refractivity contribution in [2.75, 3.05) is 26.4 Å². The summed E-state index contributed by atoms with van der Waals surface area (Å²) in [5.41, 5.74) is 0. The van der Waals surface area contributed by atoms with E-state index in [0.717, 1.165) is 70.6 Å². The van der Waals surface area contributed by atoms with Crippen molar-refractivity contribution in [1.82, 2.24) is 0 Å². The molecule has 1 heterocycles. The number of allylic oxidation sites excluding steroid dienone is 12. The molecule has 376 valence electrons. The van der Waals surface area contributed by atoms with Gasteiger partial charge in [-0.15, -0.1) is 0 Å². The van der Waals surface area contributed by atoms with Gasteiger partial charge in [-0.3, -0.25) is 4.79 Å². The van der Waals surface area contributed by atoms with Gasteiger partial charge in [-0.05, 0) is 57.8 Å². The lowest BCUT2D eigenvalue weighted by Gasteiger charge is -2.39. The van der Waals surface area contributed by atoms with Crippen LogP contribution in [-0.2, 0) is 23.7 Å². The Morgan fingerprint density at radius 2 is 0.923 bits per heavy atom. The smallest absolute Gasteiger partial charge is 0.306 e. The largest absolute Gasteiger partial charge is 0.457 e. The van der Waals surface area contributed by atoms with Crippen molar-refractivity contribution in [2.45, 2.75) is 250 Å². The van der Waals surface area contributed by atoms with Crippen LogP contribution in [0.4, 0.5) is 0 Å². The molecule has 0 saturated carbocycles. The van der Waals surface area contributed by atoms with E-state index in [2.05, 4.69) is 86.8 Å². The first-order valence-electron chi connectivity index (χ1n) is 26.5. The van der Waals surface area contributed by atoms with Gasteiger partial charge in [0.1, 0.15) is 30.5 Å². The molecule has 9 nitrogen and oxygen atoms in total. The van der Waals surface area contributed by atoms with Crippen molar-refractivity contribution in [3.05, 3.63) is 72.9 Å². The van der Waals surface area contributed by atoms with Gasteiger partial charge in [0, 0.05) is 13.0 Å². The Morgan fingerprint density at radius 3 is 1.35 bits per heavy atom. The fourth-order valence-corrected chi connectivity index (χ4v) is 7.80. The van der Waals surface area contributed by atoms with E-state index in [1.807, 2.05) is 0 Å². The maximum absolute atomic E-state index is 12.9. The third-order valence-corrected chi connectivity index (χ3v) is 11.9. The number of aliphatic hydroxyl groups excluding tert-OH is 4. The van der Waals surface area contributed by atoms with Crippen LogP contribution >= 0.6 is 0 Å². The zero-order valence-corrected chi connectivity index (χ0v) is 41.5. The predicted octanol–water partition coefficient (Wildman–Crippen LogP) is 13.2. The van der Waals surface area contributed by atoms with E-state index < -0.39 is 43.4 Å². The van der Waals surface area contributed by atoms with Crippen LogP contribution in [0.15, 0.2) is 72.9 Å². The van der Waals surface area contributed by atoms with Crippen molar-refractivity contribution in [1.29, 1.82) is 0 Å². The van der Waals surface area contributed by atoms with Crippen LogP contribution in [0.1, 0.15) is 213 Å². The number of hydrogen-bond acceptors (Lipinski definition) is 9. The molecule has 1 rings (SSSR count). The Kier molecular flexibility index (Phi) is 43.6. The van der Waals surface area contributed by atoms with E-state index in [0.29, 0.717) is 13.0 Å². The molecule has 0 radical (unpaired) electrons. The molecule has 1 aliphatic heterocycles. The molecule has 0 aromatic carbocycles. The number of aliphatic hydroxyl groups is 4. The summed E-state index contributed by atoms with van der Waals surface area (Å²) < 4.78 is 22.8. The first-order valence-corrected chi connectivity index (χ1v) is 26.5. The fraction of sp³-hybridized carbons (Fsp3) is 0.768. The molecule has 9 heteroatoms. The average Bonchev–Trinajstić information content (AvgIpc) is 3.31. The highest BCUT2D eigenvalue weighted by Crippen LogP contribution is 2.23. The lowest BCUT2D eigenvalue weighted by molar-refractivity contribution is -0.305. The van der Waals surface area contributed by atoms with Crippen LogP contribution < -0.4 is 0 Å². The van der Waals surface area contributed by atoms with Gasteiger partial charge in [0.25, 0.3) is 0 Å². The monoisotopic (exact) mass is 915 g/mol. The molecule has 0 bridgehead atoms. The van der Waals surface area contributed by atoms with Crippen molar-refractivity contribution in [3.63, 3.8) is 0 Å². The van der Waals surface area contributed by atoms with Crippen molar-refractivity contribution in [2.24, 2.45) is 0 Å². The summed E-state index contributed by atoms with van der Waals surface area (Å²) in [4.78, 5) is 12.9. The fourth-order valence-electron chi connectivity index (χ4n) is 7.80. The zero-order valence-electron chi connectivity index (χ0n) is 41.5. The van der Waals surface area contributed by atoms with Gasteiger partial charge < -0.3 is 39.4 Å². The van der Waals surface area contributed by atoms with Crippen molar-refractivity contribution < 1.29 is 44.2 Å². The van der Waals surface area contributed by atoms with Gasteiger partial charge in [0.2, 0.25) is 0 Å². The number of ether oxygens (including phenoxy) is 4. The van der Waals surface area contributed by atoms with Crippen LogP contribution in [-0.4, -0.2) is 89.6 Å². The molecule has 1 fully saturated rings. The minimum absolute atomic E-state index is 0.103.